The van der Waals surface area contributed by atoms with Crippen molar-refractivity contribution in [1.82, 2.24) is 5.32 Å². The van der Waals surface area contributed by atoms with Crippen LogP contribution in [0.15, 0.2) is 46.8 Å². The molecule has 1 aromatic rings. The van der Waals surface area contributed by atoms with Crippen molar-refractivity contribution >= 4 is 17.6 Å². The number of carbonyl (C=O) groups is 2. The lowest BCUT2D eigenvalue weighted by Crippen LogP contribution is -2.32. The van der Waals surface area contributed by atoms with E-state index in [4.69, 9.17) is 9.47 Å². The zero-order valence-electron chi connectivity index (χ0n) is 15.0. The SMILES string of the molecule is CCOC(=O)C1=C(C)NC(C)=C(C(=O)OC)C1c1cccc(N([O-])O)c1. The topological polar surface area (TPSA) is 111 Å². The van der Waals surface area contributed by atoms with E-state index in [9.17, 15) is 20.0 Å². The minimum absolute atomic E-state index is 0.0243. The van der Waals surface area contributed by atoms with Gasteiger partial charge < -0.3 is 25.2 Å². The third kappa shape index (κ3) is 3.71. The van der Waals surface area contributed by atoms with E-state index in [0.29, 0.717) is 17.0 Å². The zero-order valence-corrected chi connectivity index (χ0v) is 15.0. The highest BCUT2D eigenvalue weighted by Gasteiger charge is 2.37. The van der Waals surface area contributed by atoms with E-state index < -0.39 is 17.9 Å². The molecule has 1 aliphatic heterocycles. The van der Waals surface area contributed by atoms with Gasteiger partial charge in [-0.15, -0.1) is 0 Å². The first kappa shape index (κ1) is 19.5. The maximum absolute atomic E-state index is 12.6. The fraction of sp³-hybridized carbons (Fsp3) is 0.333. The van der Waals surface area contributed by atoms with Gasteiger partial charge in [0.1, 0.15) is 0 Å². The molecule has 0 radical (unpaired) electrons. The Bertz CT molecular complexity index is 782. The molecule has 140 valence electrons. The summed E-state index contributed by atoms with van der Waals surface area (Å²) >= 11 is 0. The summed E-state index contributed by atoms with van der Waals surface area (Å²) < 4.78 is 10.0. The second-order valence-electron chi connectivity index (χ2n) is 5.72. The highest BCUT2D eigenvalue weighted by Crippen LogP contribution is 2.40. The van der Waals surface area contributed by atoms with Crippen molar-refractivity contribution in [2.75, 3.05) is 18.9 Å². The number of anilines is 1. The standard InChI is InChI=1S/C18H21N2O6/c1-5-26-18(22)15-11(3)19-10(2)14(17(21)25-4)16(15)12-7-6-8-13(9-12)20(23)24/h6-9,16,19,23H,5H2,1-4H3/q-1. The molecule has 8 nitrogen and oxygen atoms in total. The van der Waals surface area contributed by atoms with Crippen LogP contribution < -0.4 is 10.5 Å². The molecule has 1 atom stereocenters. The normalized spacial score (nSPS) is 16.9. The van der Waals surface area contributed by atoms with Gasteiger partial charge in [0, 0.05) is 11.4 Å². The number of hydrogen-bond acceptors (Lipinski definition) is 8. The Hall–Kier alpha value is -2.84. The number of carbonyl (C=O) groups excluding carboxylic acids is 2. The summed E-state index contributed by atoms with van der Waals surface area (Å²) in [7, 11) is 1.25. The molecule has 0 saturated carbocycles. The van der Waals surface area contributed by atoms with Gasteiger partial charge in [0.15, 0.2) is 0 Å². The van der Waals surface area contributed by atoms with Crippen LogP contribution in [0.5, 0.6) is 0 Å². The second kappa shape index (κ2) is 8.03. The Morgan fingerprint density at radius 1 is 1.23 bits per heavy atom. The number of allylic oxidation sites excluding steroid dienone is 2. The van der Waals surface area contributed by atoms with Crippen LogP contribution in [0.2, 0.25) is 0 Å². The average molecular weight is 361 g/mol. The molecule has 0 aliphatic carbocycles. The van der Waals surface area contributed by atoms with E-state index in [-0.39, 0.29) is 28.7 Å². The van der Waals surface area contributed by atoms with Gasteiger partial charge >= 0.3 is 11.9 Å². The van der Waals surface area contributed by atoms with Crippen LogP contribution in [0.25, 0.3) is 0 Å². The summed E-state index contributed by atoms with van der Waals surface area (Å²) in [6.07, 6.45) is 0. The Kier molecular flexibility index (Phi) is 6.01. The average Bonchev–Trinajstić information content (AvgIpc) is 2.60. The Morgan fingerprint density at radius 2 is 1.85 bits per heavy atom. The molecule has 1 unspecified atom stereocenters. The highest BCUT2D eigenvalue weighted by molar-refractivity contribution is 5.99. The van der Waals surface area contributed by atoms with Crippen LogP contribution in [0.4, 0.5) is 5.69 Å². The van der Waals surface area contributed by atoms with Crippen LogP contribution in [0.3, 0.4) is 0 Å². The maximum atomic E-state index is 12.6. The van der Waals surface area contributed by atoms with Gasteiger partial charge in [0.05, 0.1) is 36.5 Å². The van der Waals surface area contributed by atoms with Gasteiger partial charge in [-0.25, -0.2) is 9.59 Å². The minimum atomic E-state index is -0.803. The quantitative estimate of drug-likeness (QED) is 0.607. The molecule has 1 heterocycles. The summed E-state index contributed by atoms with van der Waals surface area (Å²) in [6, 6.07) is 6.03. The van der Waals surface area contributed by atoms with Crippen molar-refractivity contribution in [3.05, 3.63) is 57.6 Å². The molecule has 1 aromatic carbocycles. The van der Waals surface area contributed by atoms with E-state index in [1.165, 1.54) is 19.2 Å². The minimum Gasteiger partial charge on any atom is -0.733 e. The van der Waals surface area contributed by atoms with E-state index >= 15 is 0 Å². The van der Waals surface area contributed by atoms with Gasteiger partial charge in [-0.2, -0.15) is 0 Å². The van der Waals surface area contributed by atoms with Crippen molar-refractivity contribution in [3.8, 4) is 0 Å². The van der Waals surface area contributed by atoms with E-state index in [0.717, 1.165) is 0 Å². The van der Waals surface area contributed by atoms with Gasteiger partial charge in [-0.1, -0.05) is 12.1 Å². The van der Waals surface area contributed by atoms with Crippen LogP contribution in [0.1, 0.15) is 32.3 Å². The smallest absolute Gasteiger partial charge is 0.336 e. The fourth-order valence-corrected chi connectivity index (χ4v) is 3.01. The van der Waals surface area contributed by atoms with E-state index in [1.807, 2.05) is 0 Å². The number of benzene rings is 1. The summed E-state index contributed by atoms with van der Waals surface area (Å²) in [4.78, 5) is 25.0. The number of rotatable bonds is 5. The summed E-state index contributed by atoms with van der Waals surface area (Å²) in [6.45, 7) is 5.25. The van der Waals surface area contributed by atoms with Crippen molar-refractivity contribution in [3.63, 3.8) is 0 Å². The molecule has 2 rings (SSSR count). The molecule has 0 amide bonds. The third-order valence-electron chi connectivity index (χ3n) is 4.09. The molecule has 26 heavy (non-hydrogen) atoms. The Labute approximate surface area is 151 Å². The molecule has 0 spiro atoms. The van der Waals surface area contributed by atoms with E-state index in [1.54, 1.807) is 32.9 Å². The second-order valence-corrected chi connectivity index (χ2v) is 5.72. The lowest BCUT2D eigenvalue weighted by atomic mass is 9.80. The number of esters is 2. The van der Waals surface area contributed by atoms with Gasteiger partial charge in [0.25, 0.3) is 0 Å². The third-order valence-corrected chi connectivity index (χ3v) is 4.09. The number of dihydropyridines is 1. The first-order chi connectivity index (χ1) is 12.3. The predicted octanol–water partition coefficient (Wildman–Crippen LogP) is 2.35. The molecule has 0 aromatic heterocycles. The highest BCUT2D eigenvalue weighted by atomic mass is 16.8. The summed E-state index contributed by atoms with van der Waals surface area (Å²) in [5, 5.41) is 23.2. The van der Waals surface area contributed by atoms with E-state index in [2.05, 4.69) is 5.32 Å². The molecular weight excluding hydrogens is 340 g/mol. The lowest BCUT2D eigenvalue weighted by molar-refractivity contribution is -0.139. The molecule has 8 heteroatoms. The van der Waals surface area contributed by atoms with Crippen LogP contribution in [-0.4, -0.2) is 30.9 Å². The van der Waals surface area contributed by atoms with Gasteiger partial charge in [0.2, 0.25) is 0 Å². The molecule has 0 bridgehead atoms. The van der Waals surface area contributed by atoms with Crippen LogP contribution >= 0.6 is 0 Å². The number of methoxy groups -OCH3 is 1. The van der Waals surface area contributed by atoms with Gasteiger partial charge in [-0.3, -0.25) is 5.21 Å². The molecule has 2 N–H and O–H groups in total. The number of hydrogen-bond donors (Lipinski definition) is 2. The van der Waals surface area contributed by atoms with Crippen LogP contribution in [0, 0.1) is 5.21 Å². The molecule has 0 fully saturated rings. The summed E-state index contributed by atoms with van der Waals surface area (Å²) in [5.74, 6) is -1.99. The molecular formula is C18H21N2O6-. The predicted molar refractivity (Wildman–Crippen MR) is 94.0 cm³/mol. The number of nitrogens with zero attached hydrogens (tertiary/aromatic N) is 1. The van der Waals surface area contributed by atoms with Crippen molar-refractivity contribution in [2.45, 2.75) is 26.7 Å². The first-order valence-corrected chi connectivity index (χ1v) is 8.01. The largest absolute Gasteiger partial charge is 0.733 e. The van der Waals surface area contributed by atoms with Gasteiger partial charge in [-0.05, 0) is 38.5 Å². The number of ether oxygens (including phenoxy) is 2. The first-order valence-electron chi connectivity index (χ1n) is 8.01. The Morgan fingerprint density at radius 3 is 2.38 bits per heavy atom. The number of nitrogens with one attached hydrogen (secondary N) is 1. The molecule has 1 aliphatic rings. The van der Waals surface area contributed by atoms with Crippen molar-refractivity contribution in [1.29, 1.82) is 0 Å². The van der Waals surface area contributed by atoms with Crippen LogP contribution in [-0.2, 0) is 19.1 Å². The lowest BCUT2D eigenvalue weighted by Gasteiger charge is -2.31. The Balaban J connectivity index is 2.68. The molecule has 0 saturated heterocycles. The monoisotopic (exact) mass is 361 g/mol. The fourth-order valence-electron chi connectivity index (χ4n) is 3.01. The van der Waals surface area contributed by atoms with Crippen molar-refractivity contribution < 1.29 is 24.3 Å². The maximum Gasteiger partial charge on any atom is 0.336 e. The summed E-state index contributed by atoms with van der Waals surface area (Å²) in [5.41, 5.74) is 1.98. The zero-order chi connectivity index (χ0) is 19.4. The van der Waals surface area contributed by atoms with Crippen molar-refractivity contribution in [2.24, 2.45) is 0 Å².